The van der Waals surface area contributed by atoms with E-state index in [9.17, 15) is 14.4 Å². The van der Waals surface area contributed by atoms with E-state index in [1.54, 1.807) is 29.2 Å². The highest BCUT2D eigenvalue weighted by molar-refractivity contribution is 5.95. The molecule has 0 aliphatic rings. The number of likely N-dealkylation sites (N-methyl/N-ethyl adjacent to an activating group) is 1. The second-order valence-electron chi connectivity index (χ2n) is 6.23. The van der Waals surface area contributed by atoms with Gasteiger partial charge in [-0.3, -0.25) is 9.59 Å². The maximum atomic E-state index is 12.6. The van der Waals surface area contributed by atoms with Crippen molar-refractivity contribution in [1.29, 1.82) is 0 Å². The van der Waals surface area contributed by atoms with Gasteiger partial charge >= 0.3 is 12.0 Å². The number of hydrogen-bond acceptors (Lipinski definition) is 3. The Labute approximate surface area is 164 Å². The van der Waals surface area contributed by atoms with Gasteiger partial charge in [-0.2, -0.15) is 0 Å². The van der Waals surface area contributed by atoms with Crippen LogP contribution in [0.4, 0.5) is 16.2 Å². The van der Waals surface area contributed by atoms with Crippen LogP contribution in [0, 0.1) is 0 Å². The lowest BCUT2D eigenvalue weighted by Gasteiger charge is -2.21. The van der Waals surface area contributed by atoms with Gasteiger partial charge in [-0.05, 0) is 43.2 Å². The fraction of sp³-hybridized carbons (Fsp3) is 0.286. The Hall–Kier alpha value is -3.35. The number of nitrogens with one attached hydrogen (secondary N) is 2. The summed E-state index contributed by atoms with van der Waals surface area (Å²) < 4.78 is 0. The smallest absolute Gasteiger partial charge is 0.319 e. The predicted octanol–water partition coefficient (Wildman–Crippen LogP) is 3.27. The van der Waals surface area contributed by atoms with Crippen LogP contribution in [0.3, 0.4) is 0 Å². The molecule has 0 spiro atoms. The first kappa shape index (κ1) is 21.0. The largest absolute Gasteiger partial charge is 0.481 e. The number of benzene rings is 2. The molecule has 7 nitrogen and oxygen atoms in total. The van der Waals surface area contributed by atoms with Gasteiger partial charge < -0.3 is 20.6 Å². The molecule has 7 heteroatoms. The Bertz CT molecular complexity index is 791. The molecule has 0 aromatic heterocycles. The van der Waals surface area contributed by atoms with Crippen molar-refractivity contribution in [3.8, 4) is 0 Å². The first-order valence-electron chi connectivity index (χ1n) is 9.20. The van der Waals surface area contributed by atoms with Crippen molar-refractivity contribution in [2.45, 2.75) is 26.2 Å². The molecule has 0 radical (unpaired) electrons. The summed E-state index contributed by atoms with van der Waals surface area (Å²) in [6.45, 7) is 2.81. The lowest BCUT2D eigenvalue weighted by Crippen LogP contribution is -2.32. The molecule has 0 unspecified atom stereocenters. The van der Waals surface area contributed by atoms with Gasteiger partial charge in [0, 0.05) is 30.9 Å². The van der Waals surface area contributed by atoms with E-state index in [1.165, 1.54) is 0 Å². The Morgan fingerprint density at radius 3 is 2.29 bits per heavy atom. The topological polar surface area (TPSA) is 98.7 Å². The van der Waals surface area contributed by atoms with Gasteiger partial charge in [0.05, 0.1) is 6.42 Å². The van der Waals surface area contributed by atoms with Crippen molar-refractivity contribution in [2.75, 3.05) is 23.3 Å². The van der Waals surface area contributed by atoms with Crippen LogP contribution in [0.25, 0.3) is 0 Å². The molecule has 148 valence electrons. The van der Waals surface area contributed by atoms with Crippen LogP contribution in [0.5, 0.6) is 0 Å². The molecule has 2 aromatic rings. The minimum Gasteiger partial charge on any atom is -0.481 e. The van der Waals surface area contributed by atoms with Crippen LogP contribution in [-0.4, -0.2) is 36.1 Å². The number of carbonyl (C=O) groups is 3. The van der Waals surface area contributed by atoms with E-state index in [2.05, 4.69) is 10.6 Å². The standard InChI is InChI=1S/C21H25N3O4/c1-2-24(18-7-4-3-5-8-18)19(25)15-16-10-12-17(13-11-16)23-21(28)22-14-6-9-20(26)27/h3-5,7-8,10-13H,2,6,9,14-15H2,1H3,(H,26,27)(H2,22,23,28). The van der Waals surface area contributed by atoms with Crippen molar-refractivity contribution in [3.05, 3.63) is 60.2 Å². The van der Waals surface area contributed by atoms with E-state index in [1.807, 2.05) is 37.3 Å². The molecule has 0 aliphatic heterocycles. The highest BCUT2D eigenvalue weighted by Crippen LogP contribution is 2.16. The number of carbonyl (C=O) groups excluding carboxylic acids is 2. The fourth-order valence-electron chi connectivity index (χ4n) is 2.70. The summed E-state index contributed by atoms with van der Waals surface area (Å²) in [5.41, 5.74) is 2.32. The quantitative estimate of drug-likeness (QED) is 0.579. The number of rotatable bonds is 9. The zero-order valence-electron chi connectivity index (χ0n) is 15.9. The Balaban J connectivity index is 1.85. The van der Waals surface area contributed by atoms with Crippen LogP contribution in [0.1, 0.15) is 25.3 Å². The maximum absolute atomic E-state index is 12.6. The number of anilines is 2. The number of amides is 3. The van der Waals surface area contributed by atoms with Gasteiger partial charge in [0.2, 0.25) is 5.91 Å². The molecular weight excluding hydrogens is 358 g/mol. The highest BCUT2D eigenvalue weighted by atomic mass is 16.4. The summed E-state index contributed by atoms with van der Waals surface area (Å²) in [5.74, 6) is -0.883. The van der Waals surface area contributed by atoms with E-state index in [0.717, 1.165) is 11.3 Å². The first-order valence-corrected chi connectivity index (χ1v) is 9.20. The predicted molar refractivity (Wildman–Crippen MR) is 109 cm³/mol. The van der Waals surface area contributed by atoms with Gasteiger partial charge in [-0.1, -0.05) is 30.3 Å². The zero-order valence-corrected chi connectivity index (χ0v) is 15.9. The molecule has 0 heterocycles. The first-order chi connectivity index (χ1) is 13.5. The number of hydrogen-bond donors (Lipinski definition) is 3. The van der Waals surface area contributed by atoms with Crippen LogP contribution in [0.15, 0.2) is 54.6 Å². The van der Waals surface area contributed by atoms with Crippen molar-refractivity contribution in [1.82, 2.24) is 5.32 Å². The number of aliphatic carboxylic acids is 1. The average Bonchev–Trinajstić information content (AvgIpc) is 2.68. The third kappa shape index (κ3) is 6.75. The summed E-state index contributed by atoms with van der Waals surface area (Å²) in [6, 6.07) is 16.2. The molecule has 0 atom stereocenters. The van der Waals surface area contributed by atoms with Crippen molar-refractivity contribution >= 4 is 29.3 Å². The average molecular weight is 383 g/mol. The molecule has 2 aromatic carbocycles. The number of para-hydroxylation sites is 1. The molecule has 0 bridgehead atoms. The summed E-state index contributed by atoms with van der Waals surface area (Å²) in [6.07, 6.45) is 0.657. The van der Waals surface area contributed by atoms with Gasteiger partial charge in [0.1, 0.15) is 0 Å². The van der Waals surface area contributed by atoms with E-state index in [-0.39, 0.29) is 25.3 Å². The zero-order chi connectivity index (χ0) is 20.4. The molecule has 3 N–H and O–H groups in total. The number of urea groups is 1. The third-order valence-electron chi connectivity index (χ3n) is 4.11. The molecule has 3 amide bonds. The van der Waals surface area contributed by atoms with E-state index in [4.69, 9.17) is 5.11 Å². The molecule has 0 saturated carbocycles. The summed E-state index contributed by atoms with van der Waals surface area (Å²) in [5, 5.41) is 13.8. The minimum absolute atomic E-state index is 0.00517. The van der Waals surface area contributed by atoms with Crippen LogP contribution in [-0.2, 0) is 16.0 Å². The number of nitrogens with zero attached hydrogens (tertiary/aromatic N) is 1. The van der Waals surface area contributed by atoms with Crippen LogP contribution >= 0.6 is 0 Å². The molecule has 0 aliphatic carbocycles. The van der Waals surface area contributed by atoms with Gasteiger partial charge in [0.25, 0.3) is 0 Å². The van der Waals surface area contributed by atoms with E-state index < -0.39 is 12.0 Å². The number of carboxylic acid groups (broad SMARTS) is 1. The Morgan fingerprint density at radius 2 is 1.68 bits per heavy atom. The second-order valence-corrected chi connectivity index (χ2v) is 6.23. The van der Waals surface area contributed by atoms with Gasteiger partial charge in [0.15, 0.2) is 0 Å². The third-order valence-corrected chi connectivity index (χ3v) is 4.11. The summed E-state index contributed by atoms with van der Waals surface area (Å²) >= 11 is 0. The Kier molecular flexibility index (Phi) is 8.02. The second kappa shape index (κ2) is 10.7. The lowest BCUT2D eigenvalue weighted by molar-refractivity contribution is -0.137. The lowest BCUT2D eigenvalue weighted by atomic mass is 10.1. The van der Waals surface area contributed by atoms with Crippen LogP contribution < -0.4 is 15.5 Å². The van der Waals surface area contributed by atoms with Crippen molar-refractivity contribution < 1.29 is 19.5 Å². The van der Waals surface area contributed by atoms with Crippen LogP contribution in [0.2, 0.25) is 0 Å². The van der Waals surface area contributed by atoms with Crippen molar-refractivity contribution in [2.24, 2.45) is 0 Å². The van der Waals surface area contributed by atoms with Gasteiger partial charge in [-0.15, -0.1) is 0 Å². The molecule has 0 fully saturated rings. The van der Waals surface area contributed by atoms with Gasteiger partial charge in [-0.25, -0.2) is 4.79 Å². The number of carboxylic acids is 1. The molecule has 28 heavy (non-hydrogen) atoms. The van der Waals surface area contributed by atoms with Crippen molar-refractivity contribution in [3.63, 3.8) is 0 Å². The van der Waals surface area contributed by atoms with E-state index in [0.29, 0.717) is 18.7 Å². The Morgan fingerprint density at radius 1 is 1.00 bits per heavy atom. The fourth-order valence-corrected chi connectivity index (χ4v) is 2.70. The summed E-state index contributed by atoms with van der Waals surface area (Å²) in [4.78, 5) is 36.5. The monoisotopic (exact) mass is 383 g/mol. The molecular formula is C21H25N3O4. The highest BCUT2D eigenvalue weighted by Gasteiger charge is 2.14. The summed E-state index contributed by atoms with van der Waals surface area (Å²) in [7, 11) is 0. The minimum atomic E-state index is -0.888. The molecule has 0 saturated heterocycles. The van der Waals surface area contributed by atoms with E-state index >= 15 is 0 Å². The SMILES string of the molecule is CCN(C(=O)Cc1ccc(NC(=O)NCCCC(=O)O)cc1)c1ccccc1. The maximum Gasteiger partial charge on any atom is 0.319 e. The normalized spacial score (nSPS) is 10.2. The molecule has 2 rings (SSSR count).